The van der Waals surface area contributed by atoms with Gasteiger partial charge in [-0.3, -0.25) is 9.59 Å². The van der Waals surface area contributed by atoms with Crippen molar-refractivity contribution in [2.75, 3.05) is 6.61 Å². The number of aromatic nitrogens is 1. The highest BCUT2D eigenvalue weighted by atomic mass is 16.5. The van der Waals surface area contributed by atoms with E-state index < -0.39 is 28.4 Å². The fraction of sp³-hybridized carbons (Fsp3) is 0.533. The molecule has 7 nitrogen and oxygen atoms in total. The van der Waals surface area contributed by atoms with Crippen LogP contribution >= 0.6 is 0 Å². The lowest BCUT2D eigenvalue weighted by atomic mass is 9.54. The lowest BCUT2D eigenvalue weighted by molar-refractivity contribution is -0.190. The predicted octanol–water partition coefficient (Wildman–Crippen LogP) is 0.763. The van der Waals surface area contributed by atoms with Crippen LogP contribution in [-0.4, -0.2) is 40.2 Å². The molecule has 2 rings (SSSR count). The number of carbonyl (C=O) groups excluding carboxylic acids is 1. The van der Waals surface area contributed by atoms with E-state index >= 15 is 0 Å². The lowest BCUT2D eigenvalue weighted by Gasteiger charge is -2.58. The van der Waals surface area contributed by atoms with Crippen LogP contribution in [0.3, 0.4) is 0 Å². The number of hydrogen-bond donors (Lipinski definition) is 3. The molecule has 1 aliphatic rings. The smallest absolute Gasteiger partial charge is 0.330 e. The van der Waals surface area contributed by atoms with E-state index in [1.54, 1.807) is 13.8 Å². The summed E-state index contributed by atoms with van der Waals surface area (Å²) in [4.78, 5) is 37.7. The van der Waals surface area contributed by atoms with Gasteiger partial charge < -0.3 is 20.1 Å². The number of carboxylic acid groups (broad SMARTS) is 1. The Balaban J connectivity index is 2.26. The summed E-state index contributed by atoms with van der Waals surface area (Å²) >= 11 is 0. The summed E-state index contributed by atoms with van der Waals surface area (Å²) in [7, 11) is 0. The minimum absolute atomic E-state index is 0.125. The number of hydrogen-bond acceptors (Lipinski definition) is 4. The Morgan fingerprint density at radius 2 is 2.18 bits per heavy atom. The maximum atomic E-state index is 12.3. The molecule has 0 radical (unpaired) electrons. The van der Waals surface area contributed by atoms with E-state index in [-0.39, 0.29) is 18.1 Å². The molecular weight excluding hydrogens is 288 g/mol. The average Bonchev–Trinajstić information content (AvgIpc) is 2.45. The quantitative estimate of drug-likeness (QED) is 0.744. The number of rotatable bonds is 5. The van der Waals surface area contributed by atoms with Crippen LogP contribution in [0, 0.1) is 5.41 Å². The summed E-state index contributed by atoms with van der Waals surface area (Å²) < 4.78 is 5.54. The summed E-state index contributed by atoms with van der Waals surface area (Å²) in [6.07, 6.45) is 1.30. The monoisotopic (exact) mass is 308 g/mol. The van der Waals surface area contributed by atoms with E-state index in [1.807, 2.05) is 6.92 Å². The predicted molar refractivity (Wildman–Crippen MR) is 78.7 cm³/mol. The molecule has 0 spiro atoms. The highest BCUT2D eigenvalue weighted by Crippen LogP contribution is 2.51. The SMILES string of the molecule is CCO[C@H]1C[C@@](NC(=O)c2cc[nH]c(=O)c2)(C(=O)O)C1(C)C. The Labute approximate surface area is 127 Å². The van der Waals surface area contributed by atoms with Gasteiger partial charge >= 0.3 is 5.97 Å². The molecule has 1 aliphatic carbocycles. The van der Waals surface area contributed by atoms with Crippen LogP contribution in [0.15, 0.2) is 23.1 Å². The van der Waals surface area contributed by atoms with Gasteiger partial charge in [-0.15, -0.1) is 0 Å². The fourth-order valence-corrected chi connectivity index (χ4v) is 2.89. The van der Waals surface area contributed by atoms with Crippen molar-refractivity contribution in [3.05, 3.63) is 34.2 Å². The molecular formula is C15H20N2O5. The average molecular weight is 308 g/mol. The molecule has 1 heterocycles. The normalized spacial score (nSPS) is 26.0. The highest BCUT2D eigenvalue weighted by Gasteiger charge is 2.66. The summed E-state index contributed by atoms with van der Waals surface area (Å²) in [5.41, 5.74) is -2.46. The third kappa shape index (κ3) is 2.41. The maximum absolute atomic E-state index is 12.3. The molecule has 120 valence electrons. The molecule has 2 atom stereocenters. The third-order valence-electron chi connectivity index (χ3n) is 4.49. The second-order valence-corrected chi connectivity index (χ2v) is 5.98. The van der Waals surface area contributed by atoms with Crippen molar-refractivity contribution in [3.8, 4) is 0 Å². The summed E-state index contributed by atoms with van der Waals surface area (Å²) in [5.74, 6) is -1.69. The topological polar surface area (TPSA) is 108 Å². The maximum Gasteiger partial charge on any atom is 0.330 e. The first-order valence-corrected chi connectivity index (χ1v) is 7.11. The zero-order chi connectivity index (χ0) is 16.5. The van der Waals surface area contributed by atoms with Gasteiger partial charge in [-0.25, -0.2) is 4.79 Å². The van der Waals surface area contributed by atoms with E-state index in [0.717, 1.165) is 6.07 Å². The first-order valence-electron chi connectivity index (χ1n) is 7.11. The minimum atomic E-state index is -1.41. The molecule has 0 aromatic carbocycles. The van der Waals surface area contributed by atoms with E-state index in [4.69, 9.17) is 4.74 Å². The van der Waals surface area contributed by atoms with Gasteiger partial charge in [0, 0.05) is 36.3 Å². The van der Waals surface area contributed by atoms with Gasteiger partial charge in [0.1, 0.15) is 5.54 Å². The van der Waals surface area contributed by atoms with E-state index in [1.165, 1.54) is 12.3 Å². The number of ether oxygens (including phenoxy) is 1. The number of nitrogens with one attached hydrogen (secondary N) is 2. The van der Waals surface area contributed by atoms with Crippen LogP contribution in [0.2, 0.25) is 0 Å². The number of amides is 1. The zero-order valence-electron chi connectivity index (χ0n) is 12.8. The van der Waals surface area contributed by atoms with Crippen molar-refractivity contribution in [2.24, 2.45) is 5.41 Å². The number of aromatic amines is 1. The van der Waals surface area contributed by atoms with Gasteiger partial charge in [0.05, 0.1) is 6.10 Å². The molecule has 0 bridgehead atoms. The van der Waals surface area contributed by atoms with Crippen LogP contribution in [0.25, 0.3) is 0 Å². The number of carbonyl (C=O) groups is 2. The molecule has 7 heteroatoms. The molecule has 0 unspecified atom stereocenters. The molecule has 0 saturated heterocycles. The van der Waals surface area contributed by atoms with Crippen molar-refractivity contribution in [3.63, 3.8) is 0 Å². The Bertz CT molecular complexity index is 651. The zero-order valence-corrected chi connectivity index (χ0v) is 12.8. The first kappa shape index (κ1) is 16.2. The number of H-pyrrole nitrogens is 1. The molecule has 0 aliphatic heterocycles. The largest absolute Gasteiger partial charge is 0.479 e. The minimum Gasteiger partial charge on any atom is -0.479 e. The summed E-state index contributed by atoms with van der Waals surface area (Å²) in [6, 6.07) is 2.56. The molecule has 3 N–H and O–H groups in total. The molecule has 1 aromatic heterocycles. The van der Waals surface area contributed by atoms with Crippen LogP contribution in [0.5, 0.6) is 0 Å². The Morgan fingerprint density at radius 3 is 2.68 bits per heavy atom. The van der Waals surface area contributed by atoms with Gasteiger partial charge in [-0.05, 0) is 13.0 Å². The van der Waals surface area contributed by atoms with Crippen molar-refractivity contribution < 1.29 is 19.4 Å². The van der Waals surface area contributed by atoms with Crippen molar-refractivity contribution >= 4 is 11.9 Å². The third-order valence-corrected chi connectivity index (χ3v) is 4.49. The highest BCUT2D eigenvalue weighted by molar-refractivity contribution is 5.98. The van der Waals surface area contributed by atoms with Gasteiger partial charge in [0.25, 0.3) is 5.91 Å². The fourth-order valence-electron chi connectivity index (χ4n) is 2.89. The Morgan fingerprint density at radius 1 is 1.50 bits per heavy atom. The summed E-state index contributed by atoms with van der Waals surface area (Å²) in [5, 5.41) is 12.2. The van der Waals surface area contributed by atoms with Crippen molar-refractivity contribution in [1.29, 1.82) is 0 Å². The van der Waals surface area contributed by atoms with Gasteiger partial charge in [0.2, 0.25) is 5.56 Å². The summed E-state index contributed by atoms with van der Waals surface area (Å²) in [6.45, 7) is 5.82. The second-order valence-electron chi connectivity index (χ2n) is 5.98. The molecule has 1 aromatic rings. The van der Waals surface area contributed by atoms with Gasteiger partial charge in [0.15, 0.2) is 0 Å². The standard InChI is InChI=1S/C15H20N2O5/c1-4-22-10-8-15(13(20)21,14(10,2)3)17-12(19)9-5-6-16-11(18)7-9/h5-7,10H,4,8H2,1-3H3,(H,16,18)(H,17,19)(H,20,21)/t10-,15+/m0/s1. The van der Waals surface area contributed by atoms with Crippen molar-refractivity contribution in [2.45, 2.75) is 38.8 Å². The van der Waals surface area contributed by atoms with Crippen LogP contribution in [0.1, 0.15) is 37.6 Å². The van der Waals surface area contributed by atoms with E-state index in [9.17, 15) is 19.5 Å². The first-order chi connectivity index (χ1) is 10.2. The lowest BCUT2D eigenvalue weighted by Crippen LogP contribution is -2.76. The van der Waals surface area contributed by atoms with Crippen LogP contribution in [0.4, 0.5) is 0 Å². The molecule has 1 fully saturated rings. The van der Waals surface area contributed by atoms with Crippen LogP contribution in [-0.2, 0) is 9.53 Å². The number of carboxylic acids is 1. The van der Waals surface area contributed by atoms with E-state index in [2.05, 4.69) is 10.3 Å². The van der Waals surface area contributed by atoms with Crippen molar-refractivity contribution in [1.82, 2.24) is 10.3 Å². The molecule has 1 saturated carbocycles. The van der Waals surface area contributed by atoms with Crippen LogP contribution < -0.4 is 10.9 Å². The van der Waals surface area contributed by atoms with Gasteiger partial charge in [-0.1, -0.05) is 13.8 Å². The molecule has 1 amide bonds. The molecule has 22 heavy (non-hydrogen) atoms. The van der Waals surface area contributed by atoms with E-state index in [0.29, 0.717) is 6.61 Å². The number of aliphatic carboxylic acids is 1. The number of pyridine rings is 1. The second kappa shape index (κ2) is 5.57. The Kier molecular flexibility index (Phi) is 4.10. The van der Waals surface area contributed by atoms with Gasteiger partial charge in [-0.2, -0.15) is 0 Å². The Hall–Kier alpha value is -2.15.